The number of hydrogen-bond acceptors (Lipinski definition) is 3. The highest BCUT2D eigenvalue weighted by atomic mass is 16.2. The lowest BCUT2D eigenvalue weighted by Crippen LogP contribution is -2.22. The number of rotatable bonds is 3. The van der Waals surface area contributed by atoms with E-state index < -0.39 is 11.7 Å². The number of nitrogens with zero attached hydrogens (tertiary/aromatic N) is 1. The fourth-order valence-corrected chi connectivity index (χ4v) is 2.00. The van der Waals surface area contributed by atoms with E-state index in [4.69, 9.17) is 0 Å². The minimum atomic E-state index is -0.666. The summed E-state index contributed by atoms with van der Waals surface area (Å²) in [5, 5.41) is 3.29. The maximum atomic E-state index is 12.2. The largest absolute Gasteiger partial charge is 0.360 e. The summed E-state index contributed by atoms with van der Waals surface area (Å²) in [6.07, 6.45) is 4.65. The molecule has 0 unspecified atom stereocenters. The molecule has 0 aliphatic rings. The van der Waals surface area contributed by atoms with Crippen LogP contribution >= 0.6 is 0 Å². The Bertz CT molecular complexity index is 778. The van der Waals surface area contributed by atoms with Gasteiger partial charge in [-0.2, -0.15) is 0 Å². The number of anilines is 1. The van der Waals surface area contributed by atoms with Crippen molar-refractivity contribution in [1.82, 2.24) is 9.97 Å². The number of benzene rings is 1. The summed E-state index contributed by atoms with van der Waals surface area (Å²) in [6.45, 7) is 0. The van der Waals surface area contributed by atoms with Crippen molar-refractivity contribution in [2.75, 3.05) is 5.32 Å². The van der Waals surface area contributed by atoms with Crippen LogP contribution in [-0.2, 0) is 4.79 Å². The molecule has 98 valence electrons. The van der Waals surface area contributed by atoms with Crippen LogP contribution in [0.3, 0.4) is 0 Å². The average Bonchev–Trinajstić information content (AvgIpc) is 2.91. The molecule has 0 aliphatic heterocycles. The highest BCUT2D eigenvalue weighted by molar-refractivity contribution is 6.48. The van der Waals surface area contributed by atoms with Gasteiger partial charge in [-0.15, -0.1) is 0 Å². The number of pyridine rings is 1. The maximum Gasteiger partial charge on any atom is 0.296 e. The van der Waals surface area contributed by atoms with Gasteiger partial charge in [0.2, 0.25) is 0 Å². The van der Waals surface area contributed by atoms with Crippen LogP contribution < -0.4 is 5.32 Å². The van der Waals surface area contributed by atoms with Gasteiger partial charge in [-0.25, -0.2) is 0 Å². The summed E-state index contributed by atoms with van der Waals surface area (Å²) in [4.78, 5) is 31.0. The van der Waals surface area contributed by atoms with Crippen molar-refractivity contribution >= 4 is 28.3 Å². The lowest BCUT2D eigenvalue weighted by molar-refractivity contribution is -0.112. The highest BCUT2D eigenvalue weighted by Gasteiger charge is 2.19. The molecule has 0 bridgehead atoms. The first-order chi connectivity index (χ1) is 9.75. The SMILES string of the molecule is O=C(Nc1ccncc1)C(=O)c1c[nH]c2ccccc12. The number of H-pyrrole nitrogens is 1. The van der Waals surface area contributed by atoms with Crippen LogP contribution in [0.4, 0.5) is 5.69 Å². The molecule has 0 spiro atoms. The zero-order valence-electron chi connectivity index (χ0n) is 10.5. The van der Waals surface area contributed by atoms with E-state index in [1.165, 1.54) is 0 Å². The first kappa shape index (κ1) is 12.1. The van der Waals surface area contributed by atoms with E-state index in [1.807, 2.05) is 18.2 Å². The summed E-state index contributed by atoms with van der Waals surface area (Å²) in [5.41, 5.74) is 1.73. The van der Waals surface area contributed by atoms with Gasteiger partial charge in [0.1, 0.15) is 0 Å². The third-order valence-electron chi connectivity index (χ3n) is 2.98. The molecule has 0 aliphatic carbocycles. The van der Waals surface area contributed by atoms with Crippen LogP contribution in [0.5, 0.6) is 0 Å². The lowest BCUT2D eigenvalue weighted by Gasteiger charge is -2.03. The Kier molecular flexibility index (Phi) is 3.01. The fraction of sp³-hybridized carbons (Fsp3) is 0. The number of hydrogen-bond donors (Lipinski definition) is 2. The van der Waals surface area contributed by atoms with E-state index in [0.29, 0.717) is 11.3 Å². The van der Waals surface area contributed by atoms with Crippen molar-refractivity contribution in [1.29, 1.82) is 0 Å². The van der Waals surface area contributed by atoms with Gasteiger partial charge in [0.05, 0.1) is 5.56 Å². The van der Waals surface area contributed by atoms with Gasteiger partial charge in [0.15, 0.2) is 0 Å². The third kappa shape index (κ3) is 2.16. The number of Topliss-reactive ketones (excluding diaryl/α,β-unsaturated/α-hetero) is 1. The number of carbonyl (C=O) groups is 2. The van der Waals surface area contributed by atoms with Crippen molar-refractivity contribution in [3.05, 3.63) is 60.6 Å². The number of nitrogens with one attached hydrogen (secondary N) is 2. The summed E-state index contributed by atoms with van der Waals surface area (Å²) in [6, 6.07) is 10.6. The van der Waals surface area contributed by atoms with E-state index in [-0.39, 0.29) is 0 Å². The molecule has 2 N–H and O–H groups in total. The first-order valence-corrected chi connectivity index (χ1v) is 6.07. The van der Waals surface area contributed by atoms with Gasteiger partial charge in [-0.1, -0.05) is 18.2 Å². The quantitative estimate of drug-likeness (QED) is 0.564. The van der Waals surface area contributed by atoms with Crippen LogP contribution in [0.15, 0.2) is 55.0 Å². The first-order valence-electron chi connectivity index (χ1n) is 6.07. The molecule has 3 aromatic rings. The van der Waals surface area contributed by atoms with Gasteiger partial charge in [-0.05, 0) is 18.2 Å². The second kappa shape index (κ2) is 4.97. The molecule has 5 heteroatoms. The minimum absolute atomic E-state index is 0.368. The number of fused-ring (bicyclic) bond motifs is 1. The summed E-state index contributed by atoms with van der Waals surface area (Å²) >= 11 is 0. The van der Waals surface area contributed by atoms with Crippen LogP contribution in [0.2, 0.25) is 0 Å². The molecule has 0 radical (unpaired) electrons. The molecule has 0 saturated heterocycles. The smallest absolute Gasteiger partial charge is 0.296 e. The Labute approximate surface area is 114 Å². The Balaban J connectivity index is 1.87. The average molecular weight is 265 g/mol. The number of ketones is 1. The second-order valence-electron chi connectivity index (χ2n) is 4.27. The minimum Gasteiger partial charge on any atom is -0.360 e. The standard InChI is InChI=1S/C15H11N3O2/c19-14(15(20)18-10-5-7-16-8-6-10)12-9-17-13-4-2-1-3-11(12)13/h1-9,17H,(H,16,18,20). The lowest BCUT2D eigenvalue weighted by atomic mass is 10.1. The van der Waals surface area contributed by atoms with E-state index in [9.17, 15) is 9.59 Å². The molecule has 1 amide bonds. The number of carbonyl (C=O) groups excluding carboxylic acids is 2. The van der Waals surface area contributed by atoms with Crippen LogP contribution in [0.25, 0.3) is 10.9 Å². The van der Waals surface area contributed by atoms with Crippen LogP contribution in [0.1, 0.15) is 10.4 Å². The Hall–Kier alpha value is -2.95. The molecule has 2 heterocycles. The second-order valence-corrected chi connectivity index (χ2v) is 4.27. The monoisotopic (exact) mass is 265 g/mol. The molecule has 0 saturated carbocycles. The highest BCUT2D eigenvalue weighted by Crippen LogP contribution is 2.18. The molecule has 2 aromatic heterocycles. The van der Waals surface area contributed by atoms with Crippen molar-refractivity contribution in [2.45, 2.75) is 0 Å². The molecule has 5 nitrogen and oxygen atoms in total. The summed E-state index contributed by atoms with van der Waals surface area (Å²) in [5.74, 6) is -1.24. The molecule has 20 heavy (non-hydrogen) atoms. The van der Waals surface area contributed by atoms with E-state index in [0.717, 1.165) is 10.9 Å². The molecule has 0 atom stereocenters. The molecule has 3 rings (SSSR count). The Morgan fingerprint density at radius 3 is 2.60 bits per heavy atom. The number of para-hydroxylation sites is 1. The molecular weight excluding hydrogens is 254 g/mol. The van der Waals surface area contributed by atoms with Crippen molar-refractivity contribution in [3.63, 3.8) is 0 Å². The Morgan fingerprint density at radius 2 is 1.80 bits per heavy atom. The zero-order chi connectivity index (χ0) is 13.9. The fourth-order valence-electron chi connectivity index (χ4n) is 2.00. The van der Waals surface area contributed by atoms with Crippen molar-refractivity contribution in [2.24, 2.45) is 0 Å². The topological polar surface area (TPSA) is 74.8 Å². The van der Waals surface area contributed by atoms with Crippen molar-refractivity contribution in [3.8, 4) is 0 Å². The van der Waals surface area contributed by atoms with Gasteiger partial charge in [0.25, 0.3) is 11.7 Å². The molecule has 1 aromatic carbocycles. The summed E-state index contributed by atoms with van der Waals surface area (Å²) < 4.78 is 0. The predicted molar refractivity (Wildman–Crippen MR) is 75.5 cm³/mol. The number of amides is 1. The van der Waals surface area contributed by atoms with E-state index in [1.54, 1.807) is 36.8 Å². The summed E-state index contributed by atoms with van der Waals surface area (Å²) in [7, 11) is 0. The Morgan fingerprint density at radius 1 is 1.05 bits per heavy atom. The third-order valence-corrected chi connectivity index (χ3v) is 2.98. The van der Waals surface area contributed by atoms with Gasteiger partial charge >= 0.3 is 0 Å². The van der Waals surface area contributed by atoms with Crippen LogP contribution in [0, 0.1) is 0 Å². The van der Waals surface area contributed by atoms with Crippen molar-refractivity contribution < 1.29 is 9.59 Å². The van der Waals surface area contributed by atoms with E-state index in [2.05, 4.69) is 15.3 Å². The zero-order valence-corrected chi connectivity index (χ0v) is 10.5. The van der Waals surface area contributed by atoms with E-state index >= 15 is 0 Å². The van der Waals surface area contributed by atoms with Gasteiger partial charge in [-0.3, -0.25) is 14.6 Å². The predicted octanol–water partition coefficient (Wildman–Crippen LogP) is 2.38. The number of aromatic amines is 1. The normalized spacial score (nSPS) is 10.4. The molecular formula is C15H11N3O2. The van der Waals surface area contributed by atoms with Crippen LogP contribution in [-0.4, -0.2) is 21.7 Å². The van der Waals surface area contributed by atoms with Gasteiger partial charge in [0, 0.05) is 35.2 Å². The molecule has 0 fully saturated rings. The maximum absolute atomic E-state index is 12.2. The van der Waals surface area contributed by atoms with Gasteiger partial charge < -0.3 is 10.3 Å². The number of aromatic nitrogens is 2.